The molecule has 0 bridgehead atoms. The van der Waals surface area contributed by atoms with Crippen LogP contribution in [0, 0.1) is 0 Å². The van der Waals surface area contributed by atoms with E-state index in [4.69, 9.17) is 16.0 Å². The predicted octanol–water partition coefficient (Wildman–Crippen LogP) is 6.73. The molecule has 0 amide bonds. The van der Waals surface area contributed by atoms with E-state index in [1.807, 2.05) is 0 Å². The SMILES string of the molecule is CC(C)(C)[Si](C)(C)OC(CCSc1ccc(C(F)(F)F)cc1)CC(=O)Cl. The topological polar surface area (TPSA) is 26.3 Å². The number of hydrogen-bond donors (Lipinski definition) is 0. The maximum absolute atomic E-state index is 12.6. The highest BCUT2D eigenvalue weighted by Gasteiger charge is 2.39. The lowest BCUT2D eigenvalue weighted by Crippen LogP contribution is -2.44. The number of carbonyl (C=O) groups is 1. The third kappa shape index (κ3) is 7.62. The Balaban J connectivity index is 2.66. The summed E-state index contributed by atoms with van der Waals surface area (Å²) in [5.41, 5.74) is -0.659. The van der Waals surface area contributed by atoms with E-state index in [0.717, 1.165) is 17.0 Å². The van der Waals surface area contributed by atoms with Gasteiger partial charge < -0.3 is 4.43 Å². The van der Waals surface area contributed by atoms with Crippen molar-refractivity contribution in [2.24, 2.45) is 0 Å². The third-order valence-electron chi connectivity index (χ3n) is 4.55. The van der Waals surface area contributed by atoms with Gasteiger partial charge in [0.25, 0.3) is 0 Å². The van der Waals surface area contributed by atoms with Crippen LogP contribution in [0.5, 0.6) is 0 Å². The van der Waals surface area contributed by atoms with Crippen molar-refractivity contribution in [1.82, 2.24) is 0 Å². The number of alkyl halides is 3. The number of thioether (sulfide) groups is 1. The van der Waals surface area contributed by atoms with E-state index in [1.54, 1.807) is 0 Å². The second kappa shape index (κ2) is 9.13. The summed E-state index contributed by atoms with van der Waals surface area (Å²) in [4.78, 5) is 12.1. The second-order valence-electron chi connectivity index (χ2n) is 7.72. The van der Waals surface area contributed by atoms with Crippen molar-refractivity contribution >= 4 is 36.9 Å². The molecule has 0 aliphatic rings. The summed E-state index contributed by atoms with van der Waals surface area (Å²) in [5, 5.41) is -0.422. The summed E-state index contributed by atoms with van der Waals surface area (Å²) < 4.78 is 44.1. The number of rotatable bonds is 8. The van der Waals surface area contributed by atoms with Gasteiger partial charge >= 0.3 is 6.18 Å². The molecule has 1 unspecified atom stereocenters. The van der Waals surface area contributed by atoms with Crippen LogP contribution in [-0.2, 0) is 15.4 Å². The molecule has 0 spiro atoms. The lowest BCUT2D eigenvalue weighted by Gasteiger charge is -2.39. The number of hydrogen-bond acceptors (Lipinski definition) is 3. The van der Waals surface area contributed by atoms with E-state index in [2.05, 4.69) is 33.9 Å². The molecule has 1 aromatic carbocycles. The normalized spacial score (nSPS) is 14.3. The first-order valence-electron chi connectivity index (χ1n) is 8.38. The van der Waals surface area contributed by atoms with Gasteiger partial charge in [-0.1, -0.05) is 20.8 Å². The molecule has 0 aliphatic heterocycles. The molecule has 148 valence electrons. The molecule has 26 heavy (non-hydrogen) atoms. The first-order chi connectivity index (χ1) is 11.7. The van der Waals surface area contributed by atoms with Gasteiger partial charge in [0.05, 0.1) is 11.7 Å². The van der Waals surface area contributed by atoms with Crippen molar-refractivity contribution in [3.63, 3.8) is 0 Å². The minimum Gasteiger partial charge on any atom is -0.413 e. The minimum absolute atomic E-state index is 0.0151. The van der Waals surface area contributed by atoms with Gasteiger partial charge in [-0.05, 0) is 60.4 Å². The van der Waals surface area contributed by atoms with Gasteiger partial charge in [0, 0.05) is 17.1 Å². The molecule has 0 aromatic heterocycles. The summed E-state index contributed by atoms with van der Waals surface area (Å²) in [7, 11) is -2.04. The molecule has 0 aliphatic carbocycles. The molecule has 1 atom stereocenters. The highest BCUT2D eigenvalue weighted by molar-refractivity contribution is 7.99. The van der Waals surface area contributed by atoms with Gasteiger partial charge in [0.15, 0.2) is 8.32 Å². The molecule has 0 saturated carbocycles. The summed E-state index contributed by atoms with van der Waals surface area (Å²) in [6, 6.07) is 5.08. The van der Waals surface area contributed by atoms with Crippen LogP contribution in [0.2, 0.25) is 18.1 Å². The zero-order valence-corrected chi connectivity index (χ0v) is 18.3. The third-order valence-corrected chi connectivity index (χ3v) is 10.3. The number of benzene rings is 1. The minimum atomic E-state index is -4.33. The van der Waals surface area contributed by atoms with Crippen molar-refractivity contribution in [2.75, 3.05) is 5.75 Å². The molecule has 8 heteroatoms. The van der Waals surface area contributed by atoms with E-state index in [-0.39, 0.29) is 17.6 Å². The molecule has 0 heterocycles. The summed E-state index contributed by atoms with van der Waals surface area (Å²) in [5.74, 6) is 0.634. The average molecular weight is 427 g/mol. The maximum Gasteiger partial charge on any atom is 0.416 e. The lowest BCUT2D eigenvalue weighted by molar-refractivity contribution is -0.137. The second-order valence-corrected chi connectivity index (χ2v) is 14.1. The predicted molar refractivity (Wildman–Crippen MR) is 104 cm³/mol. The lowest BCUT2D eigenvalue weighted by atomic mass is 10.2. The Labute approximate surface area is 164 Å². The molecule has 0 saturated heterocycles. The van der Waals surface area contributed by atoms with Crippen LogP contribution in [0.1, 0.15) is 39.2 Å². The van der Waals surface area contributed by atoms with Crippen LogP contribution in [0.15, 0.2) is 29.2 Å². The van der Waals surface area contributed by atoms with Gasteiger partial charge in [-0.2, -0.15) is 13.2 Å². The molecule has 0 radical (unpaired) electrons. The monoisotopic (exact) mass is 426 g/mol. The Hall–Kier alpha value is -0.503. The standard InChI is InChI=1S/C18H26ClF3O2SSi/c1-17(2,3)26(4,5)24-14(12-16(19)23)10-11-25-15-8-6-13(7-9-15)18(20,21)22/h6-9,14H,10-12H2,1-5H3. The van der Waals surface area contributed by atoms with E-state index >= 15 is 0 Å². The highest BCUT2D eigenvalue weighted by Crippen LogP contribution is 2.38. The van der Waals surface area contributed by atoms with E-state index < -0.39 is 25.3 Å². The molecular formula is C18H26ClF3O2SSi. The van der Waals surface area contributed by atoms with E-state index in [9.17, 15) is 18.0 Å². The molecule has 0 N–H and O–H groups in total. The van der Waals surface area contributed by atoms with Crippen LogP contribution in [0.25, 0.3) is 0 Å². The zero-order chi connectivity index (χ0) is 20.2. The summed E-state index contributed by atoms with van der Waals surface area (Å²) in [6.07, 6.45) is -3.85. The molecule has 0 fully saturated rings. The van der Waals surface area contributed by atoms with E-state index in [0.29, 0.717) is 12.2 Å². The van der Waals surface area contributed by atoms with Crippen LogP contribution < -0.4 is 0 Å². The van der Waals surface area contributed by atoms with Crippen molar-refractivity contribution in [3.8, 4) is 0 Å². The van der Waals surface area contributed by atoms with E-state index in [1.165, 1.54) is 23.9 Å². The first-order valence-corrected chi connectivity index (χ1v) is 12.7. The fourth-order valence-electron chi connectivity index (χ4n) is 2.02. The van der Waals surface area contributed by atoms with Gasteiger partial charge in [-0.3, -0.25) is 4.79 Å². The molecule has 1 rings (SSSR count). The summed E-state index contributed by atoms with van der Waals surface area (Å²) >= 11 is 7.00. The highest BCUT2D eigenvalue weighted by atomic mass is 35.5. The Morgan fingerprint density at radius 2 is 1.73 bits per heavy atom. The largest absolute Gasteiger partial charge is 0.416 e. The van der Waals surface area contributed by atoms with Crippen molar-refractivity contribution in [2.45, 2.75) is 68.9 Å². The quantitative estimate of drug-likeness (QED) is 0.262. The van der Waals surface area contributed by atoms with Crippen molar-refractivity contribution in [1.29, 1.82) is 0 Å². The van der Waals surface area contributed by atoms with Crippen LogP contribution in [0.4, 0.5) is 13.2 Å². The fourth-order valence-corrected chi connectivity index (χ4v) is 4.53. The fraction of sp³-hybridized carbons (Fsp3) is 0.611. The molecule has 1 aromatic rings. The van der Waals surface area contributed by atoms with Gasteiger partial charge in [-0.15, -0.1) is 11.8 Å². The smallest absolute Gasteiger partial charge is 0.413 e. The maximum atomic E-state index is 12.6. The van der Waals surface area contributed by atoms with Crippen LogP contribution in [0.3, 0.4) is 0 Å². The van der Waals surface area contributed by atoms with Crippen LogP contribution in [-0.4, -0.2) is 25.4 Å². The van der Waals surface area contributed by atoms with Gasteiger partial charge in [0.2, 0.25) is 5.24 Å². The van der Waals surface area contributed by atoms with Crippen molar-refractivity contribution < 1.29 is 22.4 Å². The Bertz CT molecular complexity index is 598. The Morgan fingerprint density at radius 3 is 2.15 bits per heavy atom. The number of carbonyl (C=O) groups excluding carboxylic acids is 1. The Kier molecular flexibility index (Phi) is 8.26. The first kappa shape index (κ1) is 23.5. The molecular weight excluding hydrogens is 401 g/mol. The van der Waals surface area contributed by atoms with Crippen LogP contribution >= 0.6 is 23.4 Å². The van der Waals surface area contributed by atoms with Gasteiger partial charge in [-0.25, -0.2) is 0 Å². The van der Waals surface area contributed by atoms with Crippen molar-refractivity contribution in [3.05, 3.63) is 29.8 Å². The summed E-state index contributed by atoms with van der Waals surface area (Å²) in [6.45, 7) is 10.6. The zero-order valence-electron chi connectivity index (χ0n) is 15.7. The average Bonchev–Trinajstić information content (AvgIpc) is 2.44. The Morgan fingerprint density at radius 1 is 1.19 bits per heavy atom. The van der Waals surface area contributed by atoms with Gasteiger partial charge in [0.1, 0.15) is 0 Å². The molecule has 2 nitrogen and oxygen atoms in total. The number of halogens is 4.